The van der Waals surface area contributed by atoms with Crippen LogP contribution in [0.25, 0.3) is 0 Å². The fourth-order valence-corrected chi connectivity index (χ4v) is 4.40. The molecule has 3 unspecified atom stereocenters. The lowest BCUT2D eigenvalue weighted by Gasteiger charge is -2.29. The van der Waals surface area contributed by atoms with Crippen molar-refractivity contribution in [2.75, 3.05) is 39.9 Å². The average molecular weight is 293 g/mol. The van der Waals surface area contributed by atoms with Crippen LogP contribution in [0.5, 0.6) is 0 Å². The molecule has 0 aromatic heterocycles. The van der Waals surface area contributed by atoms with Crippen molar-refractivity contribution >= 4 is 5.96 Å². The molecule has 4 nitrogen and oxygen atoms in total. The highest BCUT2D eigenvalue weighted by atomic mass is 16.5. The van der Waals surface area contributed by atoms with Crippen LogP contribution in [0.4, 0.5) is 0 Å². The van der Waals surface area contributed by atoms with Crippen LogP contribution >= 0.6 is 0 Å². The minimum absolute atomic E-state index is 0.414. The maximum atomic E-state index is 5.62. The fourth-order valence-electron chi connectivity index (χ4n) is 4.40. The highest BCUT2D eigenvalue weighted by Crippen LogP contribution is 2.38. The van der Waals surface area contributed by atoms with Gasteiger partial charge >= 0.3 is 0 Å². The smallest absolute Gasteiger partial charge is 0.193 e. The van der Waals surface area contributed by atoms with Crippen molar-refractivity contribution in [3.8, 4) is 0 Å². The van der Waals surface area contributed by atoms with Crippen molar-refractivity contribution in [1.82, 2.24) is 10.2 Å². The van der Waals surface area contributed by atoms with Crippen molar-refractivity contribution in [3.05, 3.63) is 0 Å². The summed E-state index contributed by atoms with van der Waals surface area (Å²) in [5.41, 5.74) is 0.414. The van der Waals surface area contributed by atoms with Gasteiger partial charge in [0.2, 0.25) is 0 Å². The van der Waals surface area contributed by atoms with E-state index >= 15 is 0 Å². The number of aliphatic imine (C=N–C) groups is 1. The van der Waals surface area contributed by atoms with Crippen molar-refractivity contribution in [3.63, 3.8) is 0 Å². The van der Waals surface area contributed by atoms with Crippen LogP contribution in [0.2, 0.25) is 0 Å². The first kappa shape index (κ1) is 15.1. The van der Waals surface area contributed by atoms with Crippen molar-refractivity contribution in [2.45, 2.75) is 45.4 Å². The molecule has 1 spiro atoms. The van der Waals surface area contributed by atoms with Gasteiger partial charge in [-0.25, -0.2) is 0 Å². The third-order valence-corrected chi connectivity index (χ3v) is 5.73. The third kappa shape index (κ3) is 3.53. The molecule has 2 aliphatic heterocycles. The molecule has 0 amide bonds. The zero-order valence-electron chi connectivity index (χ0n) is 13.7. The van der Waals surface area contributed by atoms with E-state index < -0.39 is 0 Å². The highest BCUT2D eigenvalue weighted by Gasteiger charge is 2.42. The summed E-state index contributed by atoms with van der Waals surface area (Å²) >= 11 is 0. The minimum atomic E-state index is 0.414. The van der Waals surface area contributed by atoms with E-state index in [1.807, 2.05) is 7.05 Å². The Bertz CT molecular complexity index is 376. The number of likely N-dealkylation sites (tertiary alicyclic amines) is 1. The zero-order chi connectivity index (χ0) is 14.7. The number of hydrogen-bond acceptors (Lipinski definition) is 2. The van der Waals surface area contributed by atoms with E-state index in [-0.39, 0.29) is 0 Å². The van der Waals surface area contributed by atoms with Gasteiger partial charge < -0.3 is 15.0 Å². The summed E-state index contributed by atoms with van der Waals surface area (Å²) in [4.78, 5) is 6.96. The molecule has 3 rings (SSSR count). The van der Waals surface area contributed by atoms with E-state index in [1.54, 1.807) is 0 Å². The number of guanidine groups is 1. The fraction of sp³-hybridized carbons (Fsp3) is 0.941. The zero-order valence-corrected chi connectivity index (χ0v) is 13.7. The Morgan fingerprint density at radius 2 is 2.29 bits per heavy atom. The molecule has 3 aliphatic rings. The standard InChI is InChI=1S/C17H31N3O/c1-14-4-3-5-15(10-14)11-19-16(18-2)20-8-6-17(12-20)7-9-21-13-17/h14-15H,3-13H2,1-2H3,(H,18,19). The topological polar surface area (TPSA) is 36.9 Å². The van der Waals surface area contributed by atoms with Crippen LogP contribution in [0.3, 0.4) is 0 Å². The predicted octanol–water partition coefficient (Wildman–Crippen LogP) is 2.50. The first-order valence-electron chi connectivity index (χ1n) is 8.74. The second kappa shape index (κ2) is 6.55. The number of hydrogen-bond donors (Lipinski definition) is 1. The summed E-state index contributed by atoms with van der Waals surface area (Å²) in [6.45, 7) is 7.63. The van der Waals surface area contributed by atoms with Gasteiger partial charge in [0.05, 0.1) is 6.61 Å². The SMILES string of the molecule is CN=C(NCC1CCCC(C)C1)N1CCC2(CCOC2)C1. The number of ether oxygens (including phenoxy) is 1. The molecule has 2 heterocycles. The number of nitrogens with zero attached hydrogens (tertiary/aromatic N) is 2. The minimum Gasteiger partial charge on any atom is -0.381 e. The average Bonchev–Trinajstić information content (AvgIpc) is 3.11. The Hall–Kier alpha value is -0.770. The Balaban J connectivity index is 1.49. The Morgan fingerprint density at radius 3 is 3.00 bits per heavy atom. The van der Waals surface area contributed by atoms with Gasteiger partial charge in [-0.15, -0.1) is 0 Å². The summed E-state index contributed by atoms with van der Waals surface area (Å²) in [7, 11) is 1.92. The largest absolute Gasteiger partial charge is 0.381 e. The third-order valence-electron chi connectivity index (χ3n) is 5.73. The molecule has 1 saturated carbocycles. The number of rotatable bonds is 2. The molecule has 3 atom stereocenters. The molecule has 21 heavy (non-hydrogen) atoms. The Morgan fingerprint density at radius 1 is 1.38 bits per heavy atom. The number of nitrogens with one attached hydrogen (secondary N) is 1. The van der Waals surface area contributed by atoms with Crippen LogP contribution in [0.15, 0.2) is 4.99 Å². The van der Waals surface area contributed by atoms with Crippen LogP contribution in [-0.4, -0.2) is 50.8 Å². The van der Waals surface area contributed by atoms with Gasteiger partial charge in [-0.2, -0.15) is 0 Å². The quantitative estimate of drug-likeness (QED) is 0.628. The molecule has 3 fully saturated rings. The molecule has 0 bridgehead atoms. The van der Waals surface area contributed by atoms with E-state index in [0.717, 1.165) is 50.6 Å². The summed E-state index contributed by atoms with van der Waals surface area (Å²) < 4.78 is 5.62. The van der Waals surface area contributed by atoms with E-state index in [2.05, 4.69) is 22.1 Å². The normalized spacial score (nSPS) is 37.4. The molecule has 4 heteroatoms. The van der Waals surface area contributed by atoms with Crippen molar-refractivity contribution in [1.29, 1.82) is 0 Å². The van der Waals surface area contributed by atoms with Gasteiger partial charge in [0.25, 0.3) is 0 Å². The lowest BCUT2D eigenvalue weighted by atomic mass is 9.82. The molecule has 0 aromatic rings. The first-order valence-corrected chi connectivity index (χ1v) is 8.74. The maximum absolute atomic E-state index is 5.62. The molecule has 0 radical (unpaired) electrons. The first-order chi connectivity index (χ1) is 10.2. The lowest BCUT2D eigenvalue weighted by molar-refractivity contribution is 0.156. The van der Waals surface area contributed by atoms with Crippen LogP contribution in [-0.2, 0) is 4.74 Å². The molecule has 1 N–H and O–H groups in total. The van der Waals surface area contributed by atoms with E-state index in [9.17, 15) is 0 Å². The van der Waals surface area contributed by atoms with E-state index in [4.69, 9.17) is 4.74 Å². The second-order valence-corrected chi connectivity index (χ2v) is 7.54. The highest BCUT2D eigenvalue weighted by molar-refractivity contribution is 5.80. The lowest BCUT2D eigenvalue weighted by Crippen LogP contribution is -2.43. The van der Waals surface area contributed by atoms with Gasteiger partial charge in [0.1, 0.15) is 0 Å². The summed E-state index contributed by atoms with van der Waals surface area (Å²) in [5, 5.41) is 3.64. The second-order valence-electron chi connectivity index (χ2n) is 7.54. The maximum Gasteiger partial charge on any atom is 0.193 e. The molecule has 0 aromatic carbocycles. The monoisotopic (exact) mass is 293 g/mol. The van der Waals surface area contributed by atoms with Gasteiger partial charge in [-0.3, -0.25) is 4.99 Å². The summed E-state index contributed by atoms with van der Waals surface area (Å²) in [6, 6.07) is 0. The molecular weight excluding hydrogens is 262 g/mol. The van der Waals surface area contributed by atoms with Gasteiger partial charge in [0.15, 0.2) is 5.96 Å². The van der Waals surface area contributed by atoms with Gasteiger partial charge in [0, 0.05) is 38.7 Å². The van der Waals surface area contributed by atoms with Gasteiger partial charge in [-0.05, 0) is 37.5 Å². The molecule has 1 aliphatic carbocycles. The predicted molar refractivity (Wildman–Crippen MR) is 86.5 cm³/mol. The Labute approximate surface area is 129 Å². The van der Waals surface area contributed by atoms with E-state index in [1.165, 1.54) is 38.5 Å². The molecule has 120 valence electrons. The molecular formula is C17H31N3O. The van der Waals surface area contributed by atoms with Crippen LogP contribution in [0, 0.1) is 17.3 Å². The van der Waals surface area contributed by atoms with E-state index in [0.29, 0.717) is 5.41 Å². The summed E-state index contributed by atoms with van der Waals surface area (Å²) in [6.07, 6.45) is 8.05. The van der Waals surface area contributed by atoms with Crippen LogP contribution < -0.4 is 5.32 Å². The summed E-state index contributed by atoms with van der Waals surface area (Å²) in [5.74, 6) is 2.84. The van der Waals surface area contributed by atoms with Crippen molar-refractivity contribution < 1.29 is 4.74 Å². The molecule has 2 saturated heterocycles. The Kier molecular flexibility index (Phi) is 4.72. The van der Waals surface area contributed by atoms with Crippen LogP contribution in [0.1, 0.15) is 45.4 Å². The van der Waals surface area contributed by atoms with Crippen molar-refractivity contribution in [2.24, 2.45) is 22.2 Å². The van der Waals surface area contributed by atoms with Gasteiger partial charge in [-0.1, -0.05) is 19.8 Å².